The summed E-state index contributed by atoms with van der Waals surface area (Å²) < 4.78 is 10.8. The molecule has 0 aromatic heterocycles. The molecule has 0 fully saturated rings. The number of benzene rings is 2. The number of aliphatic imine (C=N–C) groups is 1. The average Bonchev–Trinajstić information content (AvgIpc) is 2.63. The maximum atomic E-state index is 5.65. The lowest BCUT2D eigenvalue weighted by molar-refractivity contribution is 0.242. The summed E-state index contributed by atoms with van der Waals surface area (Å²) in [6.45, 7) is 5.44. The standard InChI is InChI=1S/C20H27N3O2.HI/c1-15(2)25-19-11-7-17(8-12-19)14-23-20(21-3)22-13-16-5-9-18(24-4)10-6-16;/h5-12,15H,13-14H2,1-4H3,(H2,21,22,23);1H. The molecule has 2 aromatic carbocycles. The normalized spacial score (nSPS) is 10.9. The Hall–Kier alpha value is -1.96. The number of guanidine groups is 1. The monoisotopic (exact) mass is 469 g/mol. The highest BCUT2D eigenvalue weighted by Gasteiger charge is 2.01. The van der Waals surface area contributed by atoms with Crippen molar-refractivity contribution in [2.24, 2.45) is 4.99 Å². The maximum Gasteiger partial charge on any atom is 0.191 e. The number of nitrogens with zero attached hydrogens (tertiary/aromatic N) is 1. The predicted molar refractivity (Wildman–Crippen MR) is 118 cm³/mol. The van der Waals surface area contributed by atoms with Crippen LogP contribution in [0.5, 0.6) is 11.5 Å². The van der Waals surface area contributed by atoms with Crippen molar-refractivity contribution in [2.45, 2.75) is 33.0 Å². The van der Waals surface area contributed by atoms with Crippen molar-refractivity contribution in [2.75, 3.05) is 14.2 Å². The molecule has 2 N–H and O–H groups in total. The van der Waals surface area contributed by atoms with Gasteiger partial charge in [-0.25, -0.2) is 0 Å². The molecule has 0 aliphatic rings. The molecule has 6 heteroatoms. The Morgan fingerprint density at radius 3 is 1.73 bits per heavy atom. The number of hydrogen-bond donors (Lipinski definition) is 2. The molecule has 2 aromatic rings. The fourth-order valence-electron chi connectivity index (χ4n) is 2.29. The molecule has 142 valence electrons. The largest absolute Gasteiger partial charge is 0.497 e. The molecule has 5 nitrogen and oxygen atoms in total. The molecule has 2 rings (SSSR count). The van der Waals surface area contributed by atoms with E-state index in [0.717, 1.165) is 17.5 Å². The van der Waals surface area contributed by atoms with Gasteiger partial charge in [-0.2, -0.15) is 0 Å². The average molecular weight is 469 g/mol. The van der Waals surface area contributed by atoms with Gasteiger partial charge in [0.1, 0.15) is 11.5 Å². The molecule has 0 heterocycles. The Balaban J connectivity index is 0.00000338. The van der Waals surface area contributed by atoms with Gasteiger partial charge in [0.05, 0.1) is 13.2 Å². The highest BCUT2D eigenvalue weighted by molar-refractivity contribution is 14.0. The number of nitrogens with one attached hydrogen (secondary N) is 2. The van der Waals surface area contributed by atoms with E-state index in [1.807, 2.05) is 50.2 Å². The van der Waals surface area contributed by atoms with Gasteiger partial charge in [0, 0.05) is 20.1 Å². The molecule has 0 aliphatic heterocycles. The van der Waals surface area contributed by atoms with Gasteiger partial charge in [-0.3, -0.25) is 4.99 Å². The second-order valence-electron chi connectivity index (χ2n) is 5.94. The van der Waals surface area contributed by atoms with Crippen molar-refractivity contribution < 1.29 is 9.47 Å². The van der Waals surface area contributed by atoms with Crippen molar-refractivity contribution in [3.8, 4) is 11.5 Å². The Labute approximate surface area is 173 Å². The molecular weight excluding hydrogens is 441 g/mol. The zero-order chi connectivity index (χ0) is 18.1. The minimum Gasteiger partial charge on any atom is -0.497 e. The quantitative estimate of drug-likeness (QED) is 0.366. The van der Waals surface area contributed by atoms with Crippen molar-refractivity contribution in [3.05, 3.63) is 59.7 Å². The zero-order valence-corrected chi connectivity index (χ0v) is 18.1. The highest BCUT2D eigenvalue weighted by Crippen LogP contribution is 2.14. The molecule has 0 saturated carbocycles. The van der Waals surface area contributed by atoms with Gasteiger partial charge in [-0.05, 0) is 49.2 Å². The van der Waals surface area contributed by atoms with Crippen molar-refractivity contribution >= 4 is 29.9 Å². The van der Waals surface area contributed by atoms with E-state index < -0.39 is 0 Å². The Morgan fingerprint density at radius 1 is 0.885 bits per heavy atom. The van der Waals surface area contributed by atoms with Crippen LogP contribution in [0.25, 0.3) is 0 Å². The summed E-state index contributed by atoms with van der Waals surface area (Å²) in [7, 11) is 3.43. The predicted octanol–water partition coefficient (Wildman–Crippen LogP) is 3.97. The molecule has 0 atom stereocenters. The van der Waals surface area contributed by atoms with E-state index in [2.05, 4.69) is 27.8 Å². The van der Waals surface area contributed by atoms with E-state index in [4.69, 9.17) is 9.47 Å². The molecule has 0 radical (unpaired) electrons. The van der Waals surface area contributed by atoms with Crippen LogP contribution in [-0.2, 0) is 13.1 Å². The summed E-state index contributed by atoms with van der Waals surface area (Å²) >= 11 is 0. The molecule has 0 amide bonds. The number of methoxy groups -OCH3 is 1. The maximum absolute atomic E-state index is 5.65. The van der Waals surface area contributed by atoms with E-state index in [1.54, 1.807) is 14.2 Å². The van der Waals surface area contributed by atoms with Crippen LogP contribution in [0.15, 0.2) is 53.5 Å². The molecular formula is C20H28IN3O2. The van der Waals surface area contributed by atoms with Crippen LogP contribution in [0.4, 0.5) is 0 Å². The third kappa shape index (κ3) is 7.51. The smallest absolute Gasteiger partial charge is 0.191 e. The summed E-state index contributed by atoms with van der Waals surface area (Å²) in [5.74, 6) is 2.51. The van der Waals surface area contributed by atoms with Crippen LogP contribution < -0.4 is 20.1 Å². The summed E-state index contributed by atoms with van der Waals surface area (Å²) in [5, 5.41) is 6.62. The van der Waals surface area contributed by atoms with Crippen LogP contribution in [0, 0.1) is 0 Å². The zero-order valence-electron chi connectivity index (χ0n) is 15.8. The van der Waals surface area contributed by atoms with E-state index in [1.165, 1.54) is 11.1 Å². The topological polar surface area (TPSA) is 54.9 Å². The molecule has 0 saturated heterocycles. The summed E-state index contributed by atoms with van der Waals surface area (Å²) in [6.07, 6.45) is 0.185. The lowest BCUT2D eigenvalue weighted by atomic mass is 10.2. The Kier molecular flexibility index (Phi) is 9.87. The Morgan fingerprint density at radius 2 is 1.35 bits per heavy atom. The minimum absolute atomic E-state index is 0. The first kappa shape index (κ1) is 22.1. The second kappa shape index (κ2) is 11.6. The highest BCUT2D eigenvalue weighted by atomic mass is 127. The SMILES string of the molecule is CN=C(NCc1ccc(OC)cc1)NCc1ccc(OC(C)C)cc1.I. The number of hydrogen-bond acceptors (Lipinski definition) is 3. The van der Waals surface area contributed by atoms with E-state index in [9.17, 15) is 0 Å². The molecule has 0 aliphatic carbocycles. The Bertz CT molecular complexity index is 670. The summed E-state index contributed by atoms with van der Waals surface area (Å²) in [5.41, 5.74) is 2.34. The summed E-state index contributed by atoms with van der Waals surface area (Å²) in [6, 6.07) is 16.1. The van der Waals surface area contributed by atoms with Gasteiger partial charge >= 0.3 is 0 Å². The second-order valence-corrected chi connectivity index (χ2v) is 5.94. The first-order valence-corrected chi connectivity index (χ1v) is 8.43. The number of rotatable bonds is 7. The van der Waals surface area contributed by atoms with Gasteiger partial charge in [-0.1, -0.05) is 24.3 Å². The third-order valence-electron chi connectivity index (χ3n) is 3.60. The van der Waals surface area contributed by atoms with Crippen LogP contribution in [0.3, 0.4) is 0 Å². The number of ether oxygens (including phenoxy) is 2. The lowest BCUT2D eigenvalue weighted by Crippen LogP contribution is -2.36. The van der Waals surface area contributed by atoms with Crippen LogP contribution >= 0.6 is 24.0 Å². The molecule has 26 heavy (non-hydrogen) atoms. The minimum atomic E-state index is 0. The first-order chi connectivity index (χ1) is 12.1. The van der Waals surface area contributed by atoms with Crippen molar-refractivity contribution in [3.63, 3.8) is 0 Å². The van der Waals surface area contributed by atoms with Gasteiger partial charge in [0.2, 0.25) is 0 Å². The van der Waals surface area contributed by atoms with E-state index in [-0.39, 0.29) is 30.1 Å². The van der Waals surface area contributed by atoms with Crippen molar-refractivity contribution in [1.29, 1.82) is 0 Å². The van der Waals surface area contributed by atoms with Crippen molar-refractivity contribution in [1.82, 2.24) is 10.6 Å². The molecule has 0 spiro atoms. The van der Waals surface area contributed by atoms with Gasteiger partial charge in [-0.15, -0.1) is 24.0 Å². The molecule has 0 unspecified atom stereocenters. The lowest BCUT2D eigenvalue weighted by Gasteiger charge is -2.13. The first-order valence-electron chi connectivity index (χ1n) is 8.43. The van der Waals surface area contributed by atoms with E-state index >= 15 is 0 Å². The van der Waals surface area contributed by atoms with Gasteiger partial charge < -0.3 is 20.1 Å². The van der Waals surface area contributed by atoms with Gasteiger partial charge in [0.25, 0.3) is 0 Å². The number of halogens is 1. The van der Waals surface area contributed by atoms with Gasteiger partial charge in [0.15, 0.2) is 5.96 Å². The van der Waals surface area contributed by atoms with Crippen LogP contribution in [-0.4, -0.2) is 26.2 Å². The summed E-state index contributed by atoms with van der Waals surface area (Å²) in [4.78, 5) is 4.25. The van der Waals surface area contributed by atoms with Crippen LogP contribution in [0.1, 0.15) is 25.0 Å². The van der Waals surface area contributed by atoms with Crippen LogP contribution in [0.2, 0.25) is 0 Å². The molecule has 0 bridgehead atoms. The third-order valence-corrected chi connectivity index (χ3v) is 3.60. The fourth-order valence-corrected chi connectivity index (χ4v) is 2.29. The fraction of sp³-hybridized carbons (Fsp3) is 0.350. The van der Waals surface area contributed by atoms with E-state index in [0.29, 0.717) is 13.1 Å².